The number of fused-ring (bicyclic) bond motifs is 1. The summed E-state index contributed by atoms with van der Waals surface area (Å²) in [5.74, 6) is 0.0207. The van der Waals surface area contributed by atoms with Gasteiger partial charge in [0, 0.05) is 17.5 Å². The van der Waals surface area contributed by atoms with Crippen molar-refractivity contribution >= 4 is 16.8 Å². The van der Waals surface area contributed by atoms with Crippen molar-refractivity contribution in [3.05, 3.63) is 83.8 Å². The zero-order chi connectivity index (χ0) is 20.3. The van der Waals surface area contributed by atoms with Gasteiger partial charge in [0.2, 0.25) is 0 Å². The van der Waals surface area contributed by atoms with E-state index in [9.17, 15) is 4.79 Å². The number of hydrogen-bond acceptors (Lipinski definition) is 3. The van der Waals surface area contributed by atoms with Crippen molar-refractivity contribution in [2.75, 3.05) is 19.6 Å². The molecule has 0 spiro atoms. The van der Waals surface area contributed by atoms with Gasteiger partial charge >= 0.3 is 0 Å². The van der Waals surface area contributed by atoms with Crippen molar-refractivity contribution in [1.82, 2.24) is 9.47 Å². The number of para-hydroxylation sites is 1. The molecule has 0 N–H and O–H groups in total. The topological polar surface area (TPSA) is 34.5 Å². The second kappa shape index (κ2) is 8.49. The standard InChI is InChI=1S/C26H28N2O2/c29-26(20-10-2-1-3-11-20)28-23-13-5-4-12-21(23)22(15-18-27-16-7-8-17-27)25(28)24-14-6-9-19-30-24/h1-5,9-13,19,24H,6-8,14-18H2. The molecule has 0 bridgehead atoms. The number of nitrogens with zero attached hydrogens (tertiary/aromatic N) is 2. The first-order chi connectivity index (χ1) is 14.8. The summed E-state index contributed by atoms with van der Waals surface area (Å²) < 4.78 is 7.99. The maximum Gasteiger partial charge on any atom is 0.262 e. The van der Waals surface area contributed by atoms with Crippen LogP contribution in [0.1, 0.15) is 53.4 Å². The lowest BCUT2D eigenvalue weighted by molar-refractivity contribution is 0.0909. The average molecular weight is 401 g/mol. The number of ether oxygens (including phenoxy) is 1. The Morgan fingerprint density at radius 3 is 2.53 bits per heavy atom. The van der Waals surface area contributed by atoms with Gasteiger partial charge in [-0.15, -0.1) is 0 Å². The summed E-state index contributed by atoms with van der Waals surface area (Å²) in [5, 5.41) is 1.18. The van der Waals surface area contributed by atoms with Gasteiger partial charge in [-0.2, -0.15) is 0 Å². The van der Waals surface area contributed by atoms with E-state index < -0.39 is 0 Å². The zero-order valence-electron chi connectivity index (χ0n) is 17.3. The number of carbonyl (C=O) groups excluding carboxylic acids is 1. The first-order valence-electron chi connectivity index (χ1n) is 11.1. The Bertz CT molecular complexity index is 1060. The minimum Gasteiger partial charge on any atom is -0.492 e. The van der Waals surface area contributed by atoms with Gasteiger partial charge in [-0.1, -0.05) is 36.4 Å². The highest BCUT2D eigenvalue weighted by Gasteiger charge is 2.29. The maximum absolute atomic E-state index is 13.7. The number of likely N-dealkylation sites (tertiary alicyclic amines) is 1. The Morgan fingerprint density at radius 1 is 1.00 bits per heavy atom. The normalized spacial score (nSPS) is 19.3. The van der Waals surface area contributed by atoms with E-state index in [1.807, 2.05) is 41.0 Å². The molecule has 3 heterocycles. The van der Waals surface area contributed by atoms with Crippen LogP contribution in [0.5, 0.6) is 0 Å². The van der Waals surface area contributed by atoms with Gasteiger partial charge < -0.3 is 9.64 Å². The first-order valence-corrected chi connectivity index (χ1v) is 11.1. The lowest BCUT2D eigenvalue weighted by Crippen LogP contribution is -2.24. The molecule has 154 valence electrons. The van der Waals surface area contributed by atoms with E-state index in [2.05, 4.69) is 29.2 Å². The molecule has 30 heavy (non-hydrogen) atoms. The molecule has 0 amide bonds. The highest BCUT2D eigenvalue weighted by molar-refractivity contribution is 6.04. The summed E-state index contributed by atoms with van der Waals surface area (Å²) in [7, 11) is 0. The van der Waals surface area contributed by atoms with Crippen LogP contribution >= 0.6 is 0 Å². The van der Waals surface area contributed by atoms with Crippen LogP contribution in [0.25, 0.3) is 10.9 Å². The second-order valence-corrected chi connectivity index (χ2v) is 8.26. The Kier molecular flexibility index (Phi) is 5.41. The summed E-state index contributed by atoms with van der Waals surface area (Å²) in [6, 6.07) is 17.9. The molecule has 0 saturated carbocycles. The van der Waals surface area contributed by atoms with E-state index in [4.69, 9.17) is 4.74 Å². The third-order valence-electron chi connectivity index (χ3n) is 6.36. The van der Waals surface area contributed by atoms with Crippen LogP contribution in [-0.2, 0) is 11.2 Å². The minimum absolute atomic E-state index is 0.0207. The maximum atomic E-state index is 13.7. The third kappa shape index (κ3) is 3.56. The molecule has 5 rings (SSSR count). The number of allylic oxidation sites excluding steroid dienone is 1. The summed E-state index contributed by atoms with van der Waals surface area (Å²) >= 11 is 0. The van der Waals surface area contributed by atoms with Crippen LogP contribution in [0.2, 0.25) is 0 Å². The Hall–Kier alpha value is -2.85. The average Bonchev–Trinajstić information content (AvgIpc) is 3.44. The lowest BCUT2D eigenvalue weighted by Gasteiger charge is -2.23. The highest BCUT2D eigenvalue weighted by atomic mass is 16.5. The van der Waals surface area contributed by atoms with Crippen molar-refractivity contribution in [2.24, 2.45) is 0 Å². The van der Waals surface area contributed by atoms with Gasteiger partial charge in [0.1, 0.15) is 6.10 Å². The number of carbonyl (C=O) groups is 1. The van der Waals surface area contributed by atoms with Gasteiger partial charge in [-0.05, 0) is 75.0 Å². The van der Waals surface area contributed by atoms with Crippen LogP contribution in [-0.4, -0.2) is 35.0 Å². The van der Waals surface area contributed by atoms with E-state index in [-0.39, 0.29) is 12.0 Å². The van der Waals surface area contributed by atoms with E-state index in [0.717, 1.165) is 37.0 Å². The molecule has 1 unspecified atom stereocenters. The van der Waals surface area contributed by atoms with Gasteiger partial charge in [0.05, 0.1) is 17.5 Å². The zero-order valence-corrected chi connectivity index (χ0v) is 17.3. The fourth-order valence-electron chi connectivity index (χ4n) is 4.87. The molecule has 2 aromatic carbocycles. The second-order valence-electron chi connectivity index (χ2n) is 8.26. The Morgan fingerprint density at radius 2 is 1.77 bits per heavy atom. The molecule has 1 saturated heterocycles. The summed E-state index contributed by atoms with van der Waals surface area (Å²) in [6.45, 7) is 3.39. The van der Waals surface area contributed by atoms with Gasteiger partial charge in [0.25, 0.3) is 5.91 Å². The van der Waals surface area contributed by atoms with E-state index in [1.165, 1.54) is 36.9 Å². The van der Waals surface area contributed by atoms with Gasteiger partial charge in [0.15, 0.2) is 0 Å². The SMILES string of the molecule is O=C(c1ccccc1)n1c(C2CCC=CO2)c(CCN2CCCC2)c2ccccc21. The van der Waals surface area contributed by atoms with Crippen molar-refractivity contribution in [3.8, 4) is 0 Å². The molecule has 0 aliphatic carbocycles. The summed E-state index contributed by atoms with van der Waals surface area (Å²) in [5.41, 5.74) is 3.99. The smallest absolute Gasteiger partial charge is 0.262 e. The fourth-order valence-corrected chi connectivity index (χ4v) is 4.87. The first kappa shape index (κ1) is 19.1. The predicted octanol–water partition coefficient (Wildman–Crippen LogP) is 5.33. The van der Waals surface area contributed by atoms with Gasteiger partial charge in [-0.3, -0.25) is 9.36 Å². The molecule has 1 fully saturated rings. The molecule has 2 aliphatic heterocycles. The molecule has 0 radical (unpaired) electrons. The van der Waals surface area contributed by atoms with Crippen LogP contribution in [0.3, 0.4) is 0 Å². The van der Waals surface area contributed by atoms with Crippen LogP contribution < -0.4 is 0 Å². The fraction of sp³-hybridized carbons (Fsp3) is 0.346. The third-order valence-corrected chi connectivity index (χ3v) is 6.36. The lowest BCUT2D eigenvalue weighted by atomic mass is 10.0. The quantitative estimate of drug-likeness (QED) is 0.580. The van der Waals surface area contributed by atoms with Crippen molar-refractivity contribution < 1.29 is 9.53 Å². The molecule has 1 aromatic heterocycles. The molecular formula is C26H28N2O2. The molecule has 4 heteroatoms. The summed E-state index contributed by atoms with van der Waals surface area (Å²) in [4.78, 5) is 16.2. The number of aromatic nitrogens is 1. The number of benzene rings is 2. The van der Waals surface area contributed by atoms with Crippen molar-refractivity contribution in [3.63, 3.8) is 0 Å². The Balaban J connectivity index is 1.65. The monoisotopic (exact) mass is 400 g/mol. The molecule has 4 nitrogen and oxygen atoms in total. The van der Waals surface area contributed by atoms with Crippen LogP contribution in [0.4, 0.5) is 0 Å². The summed E-state index contributed by atoms with van der Waals surface area (Å²) in [6.07, 6.45) is 9.15. The minimum atomic E-state index is -0.0939. The molecule has 1 atom stereocenters. The molecule has 2 aliphatic rings. The van der Waals surface area contributed by atoms with Crippen molar-refractivity contribution in [2.45, 2.75) is 38.2 Å². The molecule has 3 aromatic rings. The number of rotatable bonds is 5. The largest absolute Gasteiger partial charge is 0.492 e. The van der Waals surface area contributed by atoms with Crippen LogP contribution in [0.15, 0.2) is 66.9 Å². The van der Waals surface area contributed by atoms with Gasteiger partial charge in [-0.25, -0.2) is 0 Å². The predicted molar refractivity (Wildman–Crippen MR) is 120 cm³/mol. The van der Waals surface area contributed by atoms with Crippen molar-refractivity contribution in [1.29, 1.82) is 0 Å². The van der Waals surface area contributed by atoms with E-state index in [0.29, 0.717) is 5.56 Å². The van der Waals surface area contributed by atoms with Crippen LogP contribution in [0, 0.1) is 0 Å². The molecular weight excluding hydrogens is 372 g/mol. The van der Waals surface area contributed by atoms with E-state index in [1.54, 1.807) is 6.26 Å². The number of hydrogen-bond donors (Lipinski definition) is 0. The highest BCUT2D eigenvalue weighted by Crippen LogP contribution is 2.37. The van der Waals surface area contributed by atoms with E-state index >= 15 is 0 Å². The Labute approximate surface area is 177 Å².